The van der Waals surface area contributed by atoms with E-state index in [2.05, 4.69) is 15.6 Å². The zero-order chi connectivity index (χ0) is 25.2. The molecule has 2 aromatic carbocycles. The second kappa shape index (κ2) is 9.57. The van der Waals surface area contributed by atoms with Crippen LogP contribution in [0, 0.1) is 6.92 Å². The Morgan fingerprint density at radius 1 is 1.14 bits per heavy atom. The number of imidazole rings is 1. The molecule has 0 aliphatic carbocycles. The van der Waals surface area contributed by atoms with Gasteiger partial charge in [0.05, 0.1) is 30.2 Å². The summed E-state index contributed by atoms with van der Waals surface area (Å²) in [5.74, 6) is 0.501. The van der Waals surface area contributed by atoms with Crippen molar-refractivity contribution in [1.82, 2.24) is 14.7 Å². The fourth-order valence-electron chi connectivity index (χ4n) is 3.70. The van der Waals surface area contributed by atoms with Gasteiger partial charge in [0.2, 0.25) is 0 Å². The van der Waals surface area contributed by atoms with E-state index in [4.69, 9.17) is 4.74 Å². The van der Waals surface area contributed by atoms with Gasteiger partial charge in [-0.3, -0.25) is 9.20 Å². The molecule has 0 saturated carbocycles. The van der Waals surface area contributed by atoms with Gasteiger partial charge in [-0.25, -0.2) is 4.98 Å². The van der Waals surface area contributed by atoms with Crippen molar-refractivity contribution in [2.24, 2.45) is 0 Å². The molecule has 0 spiro atoms. The average molecular weight is 484 g/mol. The van der Waals surface area contributed by atoms with Crippen LogP contribution in [0.1, 0.15) is 22.3 Å². The lowest BCUT2D eigenvalue weighted by molar-refractivity contribution is -0.131. The normalized spacial score (nSPS) is 11.5. The van der Waals surface area contributed by atoms with E-state index in [0.29, 0.717) is 34.1 Å². The first-order valence-corrected chi connectivity index (χ1v) is 10.8. The van der Waals surface area contributed by atoms with Crippen LogP contribution in [0.25, 0.3) is 16.9 Å². The van der Waals surface area contributed by atoms with Crippen LogP contribution in [-0.4, -0.2) is 40.2 Å². The van der Waals surface area contributed by atoms with E-state index in [-0.39, 0.29) is 18.2 Å². The molecule has 0 atom stereocenters. The van der Waals surface area contributed by atoms with Crippen LogP contribution in [0.2, 0.25) is 0 Å². The molecule has 10 heteroatoms. The lowest BCUT2D eigenvalue weighted by atomic mass is 10.0. The standard InChI is InChI=1S/C25H23F3N4O3/c1-15-10-16(6-7-20(15)24(34)29-2)22-13-31-23-21(30-9-8-25(26,27)28)12-19(14-32(22)23)35-18-5-3-4-17(33)11-18/h3-7,10-14,30,33H,8-9H2,1-2H3,(H,29,34). The van der Waals surface area contributed by atoms with E-state index < -0.39 is 12.6 Å². The highest BCUT2D eigenvalue weighted by molar-refractivity contribution is 5.96. The van der Waals surface area contributed by atoms with Crippen molar-refractivity contribution >= 4 is 17.2 Å². The Morgan fingerprint density at radius 2 is 1.94 bits per heavy atom. The molecule has 4 rings (SSSR count). The average Bonchev–Trinajstić information content (AvgIpc) is 3.22. The number of amides is 1. The number of phenolic OH excluding ortho intramolecular Hbond substituents is 1. The number of nitrogens with one attached hydrogen (secondary N) is 2. The van der Waals surface area contributed by atoms with E-state index in [9.17, 15) is 23.1 Å². The number of rotatable bonds is 7. The van der Waals surface area contributed by atoms with Crippen LogP contribution in [0.3, 0.4) is 0 Å². The summed E-state index contributed by atoms with van der Waals surface area (Å²) in [6.45, 7) is 1.48. The highest BCUT2D eigenvalue weighted by atomic mass is 19.4. The summed E-state index contributed by atoms with van der Waals surface area (Å²) >= 11 is 0. The molecule has 4 aromatic rings. The second-order valence-electron chi connectivity index (χ2n) is 7.93. The van der Waals surface area contributed by atoms with E-state index in [1.165, 1.54) is 12.1 Å². The van der Waals surface area contributed by atoms with Crippen LogP contribution >= 0.6 is 0 Å². The summed E-state index contributed by atoms with van der Waals surface area (Å²) in [7, 11) is 1.56. The lowest BCUT2D eigenvalue weighted by Gasteiger charge is -2.14. The third-order valence-electron chi connectivity index (χ3n) is 5.35. The quantitative estimate of drug-likeness (QED) is 0.321. The minimum absolute atomic E-state index is 0.0158. The molecule has 2 heterocycles. The first-order valence-electron chi connectivity index (χ1n) is 10.8. The first-order chi connectivity index (χ1) is 16.6. The van der Waals surface area contributed by atoms with Crippen molar-refractivity contribution in [3.05, 3.63) is 72.1 Å². The minimum Gasteiger partial charge on any atom is -0.508 e. The van der Waals surface area contributed by atoms with E-state index in [1.54, 1.807) is 54.2 Å². The van der Waals surface area contributed by atoms with Crippen molar-refractivity contribution in [3.8, 4) is 28.5 Å². The summed E-state index contributed by atoms with van der Waals surface area (Å²) in [6.07, 6.45) is -2.04. The lowest BCUT2D eigenvalue weighted by Crippen LogP contribution is -2.18. The zero-order valence-corrected chi connectivity index (χ0v) is 19.0. The van der Waals surface area contributed by atoms with E-state index >= 15 is 0 Å². The molecule has 0 saturated heterocycles. The van der Waals surface area contributed by atoms with Crippen LogP contribution in [0.4, 0.5) is 18.9 Å². The van der Waals surface area contributed by atoms with Crippen molar-refractivity contribution in [2.75, 3.05) is 18.9 Å². The third-order valence-corrected chi connectivity index (χ3v) is 5.35. The number of benzene rings is 2. The number of ether oxygens (including phenoxy) is 1. The summed E-state index contributed by atoms with van der Waals surface area (Å²) in [6, 6.07) is 13.1. The van der Waals surface area contributed by atoms with Crippen molar-refractivity contribution in [2.45, 2.75) is 19.5 Å². The number of carbonyl (C=O) groups excluding carboxylic acids is 1. The number of hydrogen-bond donors (Lipinski definition) is 3. The molecule has 0 fully saturated rings. The van der Waals surface area contributed by atoms with Crippen LogP contribution < -0.4 is 15.4 Å². The monoisotopic (exact) mass is 484 g/mol. The van der Waals surface area contributed by atoms with Crippen molar-refractivity contribution in [1.29, 1.82) is 0 Å². The number of nitrogens with zero attached hydrogens (tertiary/aromatic N) is 2. The highest BCUT2D eigenvalue weighted by Gasteiger charge is 2.26. The van der Waals surface area contributed by atoms with Gasteiger partial charge in [0.15, 0.2) is 5.65 Å². The Balaban J connectivity index is 1.77. The predicted molar refractivity (Wildman–Crippen MR) is 126 cm³/mol. The van der Waals surface area contributed by atoms with Gasteiger partial charge >= 0.3 is 6.18 Å². The first kappa shape index (κ1) is 23.9. The molecule has 7 nitrogen and oxygen atoms in total. The van der Waals surface area contributed by atoms with Gasteiger partial charge < -0.3 is 20.5 Å². The second-order valence-corrected chi connectivity index (χ2v) is 7.93. The maximum atomic E-state index is 12.7. The maximum Gasteiger partial charge on any atom is 0.390 e. The number of pyridine rings is 1. The number of aromatic hydroxyl groups is 1. The maximum absolute atomic E-state index is 12.7. The molecule has 2 aromatic heterocycles. The Morgan fingerprint density at radius 3 is 2.63 bits per heavy atom. The number of aryl methyl sites for hydroxylation is 1. The summed E-state index contributed by atoms with van der Waals surface area (Å²) in [5, 5.41) is 15.1. The third kappa shape index (κ3) is 5.48. The molecule has 182 valence electrons. The zero-order valence-electron chi connectivity index (χ0n) is 19.0. The SMILES string of the molecule is CNC(=O)c1ccc(-c2cnc3c(NCCC(F)(F)F)cc(Oc4cccc(O)c4)cn23)cc1C. The van der Waals surface area contributed by atoms with Gasteiger partial charge in [-0.2, -0.15) is 13.2 Å². The van der Waals surface area contributed by atoms with E-state index in [1.807, 2.05) is 13.0 Å². The number of carbonyl (C=O) groups is 1. The Hall–Kier alpha value is -4.21. The highest BCUT2D eigenvalue weighted by Crippen LogP contribution is 2.33. The van der Waals surface area contributed by atoms with Crippen LogP contribution in [0.15, 0.2) is 60.9 Å². The van der Waals surface area contributed by atoms with Gasteiger partial charge in [0.1, 0.15) is 17.2 Å². The number of phenols is 1. The van der Waals surface area contributed by atoms with Gasteiger partial charge in [-0.05, 0) is 36.8 Å². The smallest absolute Gasteiger partial charge is 0.390 e. The van der Waals surface area contributed by atoms with Gasteiger partial charge in [0, 0.05) is 36.9 Å². The van der Waals surface area contributed by atoms with Gasteiger partial charge in [-0.15, -0.1) is 0 Å². The molecule has 0 radical (unpaired) electrons. The Bertz CT molecular complexity index is 1380. The molecule has 0 aliphatic rings. The topological polar surface area (TPSA) is 87.9 Å². The molecule has 3 N–H and O–H groups in total. The molecule has 0 bridgehead atoms. The molecule has 35 heavy (non-hydrogen) atoms. The number of anilines is 1. The summed E-state index contributed by atoms with van der Waals surface area (Å²) in [5.41, 5.74) is 3.49. The summed E-state index contributed by atoms with van der Waals surface area (Å²) in [4.78, 5) is 16.5. The fraction of sp³-hybridized carbons (Fsp3) is 0.200. The van der Waals surface area contributed by atoms with Gasteiger partial charge in [-0.1, -0.05) is 12.1 Å². The number of fused-ring (bicyclic) bond motifs is 1. The molecule has 1 amide bonds. The molecule has 0 unspecified atom stereocenters. The largest absolute Gasteiger partial charge is 0.508 e. The number of alkyl halides is 3. The van der Waals surface area contributed by atoms with Crippen molar-refractivity contribution in [3.63, 3.8) is 0 Å². The molecule has 0 aliphatic heterocycles. The molecular formula is C25H23F3N4O3. The predicted octanol–water partition coefficient (Wildman–Crippen LogP) is 5.53. The van der Waals surface area contributed by atoms with Gasteiger partial charge in [0.25, 0.3) is 5.91 Å². The minimum atomic E-state index is -4.30. The summed E-state index contributed by atoms with van der Waals surface area (Å²) < 4.78 is 45.7. The van der Waals surface area contributed by atoms with Crippen LogP contribution in [-0.2, 0) is 0 Å². The number of hydrogen-bond acceptors (Lipinski definition) is 5. The Labute approximate surface area is 199 Å². The number of aromatic nitrogens is 2. The molecular weight excluding hydrogens is 461 g/mol. The Kier molecular flexibility index (Phi) is 6.54. The van der Waals surface area contributed by atoms with Crippen molar-refractivity contribution < 1.29 is 27.8 Å². The number of halogens is 3. The van der Waals surface area contributed by atoms with E-state index in [0.717, 1.165) is 11.1 Å². The fourth-order valence-corrected chi connectivity index (χ4v) is 3.70. The van der Waals surface area contributed by atoms with Crippen LogP contribution in [0.5, 0.6) is 17.2 Å².